The van der Waals surface area contributed by atoms with E-state index in [9.17, 15) is 14.4 Å². The Morgan fingerprint density at radius 1 is 1.28 bits per heavy atom. The molecule has 1 aliphatic heterocycles. The molecule has 1 aromatic carbocycles. The minimum absolute atomic E-state index is 0.110. The van der Waals surface area contributed by atoms with Crippen LogP contribution in [0.3, 0.4) is 0 Å². The molecule has 1 N–H and O–H groups in total. The van der Waals surface area contributed by atoms with Crippen LogP contribution in [-0.2, 0) is 19.0 Å². The van der Waals surface area contributed by atoms with Crippen molar-refractivity contribution in [1.29, 1.82) is 0 Å². The number of benzene rings is 1. The van der Waals surface area contributed by atoms with Crippen molar-refractivity contribution in [2.75, 3.05) is 20.3 Å². The van der Waals surface area contributed by atoms with E-state index in [0.717, 1.165) is 26.6 Å². The van der Waals surface area contributed by atoms with Gasteiger partial charge >= 0.3 is 12.1 Å². The lowest BCUT2D eigenvalue weighted by Gasteiger charge is -2.13. The standard InChI is InChI=1S/C17H21NO7/c1-11(15(19)18-17(21)22-2)25-16(20)12-5-7-13(8-6-12)24-10-14-4-3-9-23-14/h5-8,11,14H,3-4,9-10H2,1-2H3,(H,18,19,21)/t11-,14+/m1/s1. The summed E-state index contributed by atoms with van der Waals surface area (Å²) in [6.07, 6.45) is 0.0812. The molecule has 8 nitrogen and oxygen atoms in total. The number of hydrogen-bond acceptors (Lipinski definition) is 7. The van der Waals surface area contributed by atoms with E-state index in [4.69, 9.17) is 14.2 Å². The summed E-state index contributed by atoms with van der Waals surface area (Å²) < 4.78 is 20.4. The van der Waals surface area contributed by atoms with Crippen LogP contribution in [0.15, 0.2) is 24.3 Å². The number of hydrogen-bond donors (Lipinski definition) is 1. The van der Waals surface area contributed by atoms with Gasteiger partial charge in [0.05, 0.1) is 18.8 Å². The lowest BCUT2D eigenvalue weighted by atomic mass is 10.2. The van der Waals surface area contributed by atoms with Crippen molar-refractivity contribution in [3.8, 4) is 5.75 Å². The van der Waals surface area contributed by atoms with Crippen LogP contribution in [0.4, 0.5) is 4.79 Å². The summed E-state index contributed by atoms with van der Waals surface area (Å²) in [5.74, 6) is -0.835. The molecule has 0 radical (unpaired) electrons. The summed E-state index contributed by atoms with van der Waals surface area (Å²) in [4.78, 5) is 34.6. The molecule has 0 aliphatic carbocycles. The Bertz CT molecular complexity index is 608. The molecular weight excluding hydrogens is 330 g/mol. The van der Waals surface area contributed by atoms with Gasteiger partial charge in [-0.3, -0.25) is 10.1 Å². The Hall–Kier alpha value is -2.61. The Labute approximate surface area is 145 Å². The van der Waals surface area contributed by atoms with E-state index in [2.05, 4.69) is 4.74 Å². The van der Waals surface area contributed by atoms with Crippen LogP contribution in [0, 0.1) is 0 Å². The molecule has 25 heavy (non-hydrogen) atoms. The van der Waals surface area contributed by atoms with Crippen molar-refractivity contribution in [3.63, 3.8) is 0 Å². The van der Waals surface area contributed by atoms with Crippen molar-refractivity contribution in [2.24, 2.45) is 0 Å². The molecule has 1 heterocycles. The van der Waals surface area contributed by atoms with Crippen molar-refractivity contribution >= 4 is 18.0 Å². The van der Waals surface area contributed by atoms with Crippen LogP contribution >= 0.6 is 0 Å². The first-order chi connectivity index (χ1) is 12.0. The normalized spacial score (nSPS) is 17.4. The van der Waals surface area contributed by atoms with Gasteiger partial charge in [0, 0.05) is 6.61 Å². The van der Waals surface area contributed by atoms with E-state index >= 15 is 0 Å². The second kappa shape index (κ2) is 9.03. The van der Waals surface area contributed by atoms with Gasteiger partial charge in [-0.1, -0.05) is 0 Å². The summed E-state index contributed by atoms with van der Waals surface area (Å²) in [5, 5.41) is 1.93. The van der Waals surface area contributed by atoms with E-state index in [1.165, 1.54) is 19.1 Å². The van der Waals surface area contributed by atoms with Gasteiger partial charge in [-0.15, -0.1) is 0 Å². The summed E-state index contributed by atoms with van der Waals surface area (Å²) in [5.41, 5.74) is 0.266. The molecule has 2 rings (SSSR count). The van der Waals surface area contributed by atoms with Crippen LogP contribution < -0.4 is 10.1 Å². The smallest absolute Gasteiger partial charge is 0.413 e. The zero-order valence-corrected chi connectivity index (χ0v) is 14.2. The molecule has 1 aromatic rings. The van der Waals surface area contributed by atoms with Gasteiger partial charge in [0.2, 0.25) is 0 Å². The molecule has 0 unspecified atom stereocenters. The highest BCUT2D eigenvalue weighted by atomic mass is 16.6. The Balaban J connectivity index is 1.82. The van der Waals surface area contributed by atoms with Crippen molar-refractivity contribution < 1.29 is 33.3 Å². The number of esters is 1. The fraction of sp³-hybridized carbons (Fsp3) is 0.471. The molecule has 2 amide bonds. The second-order valence-electron chi connectivity index (χ2n) is 5.50. The number of methoxy groups -OCH3 is 1. The fourth-order valence-corrected chi connectivity index (χ4v) is 2.19. The molecular formula is C17H21NO7. The van der Waals surface area contributed by atoms with Gasteiger partial charge in [0.1, 0.15) is 12.4 Å². The molecule has 0 aromatic heterocycles. The SMILES string of the molecule is COC(=O)NC(=O)[C@@H](C)OC(=O)c1ccc(OC[C@@H]2CCCO2)cc1. The Morgan fingerprint density at radius 2 is 2.00 bits per heavy atom. The first kappa shape index (κ1) is 18.7. The molecule has 8 heteroatoms. The monoisotopic (exact) mass is 351 g/mol. The summed E-state index contributed by atoms with van der Waals surface area (Å²) >= 11 is 0. The minimum Gasteiger partial charge on any atom is -0.491 e. The highest BCUT2D eigenvalue weighted by molar-refractivity contribution is 5.97. The average Bonchev–Trinajstić information content (AvgIpc) is 3.13. The highest BCUT2D eigenvalue weighted by Crippen LogP contribution is 2.17. The number of alkyl carbamates (subject to hydrolysis) is 1. The lowest BCUT2D eigenvalue weighted by Crippen LogP contribution is -2.39. The topological polar surface area (TPSA) is 100 Å². The minimum atomic E-state index is -1.14. The van der Waals surface area contributed by atoms with Crippen molar-refractivity contribution in [2.45, 2.75) is 32.0 Å². The summed E-state index contributed by atoms with van der Waals surface area (Å²) in [6, 6.07) is 6.37. The molecule has 1 saturated heterocycles. The fourth-order valence-electron chi connectivity index (χ4n) is 2.19. The Morgan fingerprint density at radius 3 is 2.60 bits per heavy atom. The van der Waals surface area contributed by atoms with Crippen LogP contribution in [0.5, 0.6) is 5.75 Å². The van der Waals surface area contributed by atoms with Crippen molar-refractivity contribution in [3.05, 3.63) is 29.8 Å². The number of carbonyl (C=O) groups excluding carboxylic acids is 3. The van der Waals surface area contributed by atoms with E-state index in [-0.39, 0.29) is 11.7 Å². The van der Waals surface area contributed by atoms with Gasteiger partial charge in [0.15, 0.2) is 6.10 Å². The molecule has 0 bridgehead atoms. The maximum atomic E-state index is 12.0. The van der Waals surface area contributed by atoms with Crippen LogP contribution in [0.1, 0.15) is 30.1 Å². The van der Waals surface area contributed by atoms with Crippen LogP contribution in [-0.4, -0.2) is 50.5 Å². The molecule has 0 saturated carbocycles. The number of carbonyl (C=O) groups is 3. The number of ether oxygens (including phenoxy) is 4. The number of rotatable bonds is 6. The first-order valence-corrected chi connectivity index (χ1v) is 7.94. The third-order valence-corrected chi connectivity index (χ3v) is 3.61. The molecule has 1 aliphatic rings. The number of amides is 2. The Kier molecular flexibility index (Phi) is 6.76. The molecule has 0 spiro atoms. The molecule has 1 fully saturated rings. The van der Waals surface area contributed by atoms with E-state index in [1.807, 2.05) is 5.32 Å². The van der Waals surface area contributed by atoms with Gasteiger partial charge in [-0.2, -0.15) is 0 Å². The summed E-state index contributed by atoms with van der Waals surface area (Å²) in [7, 11) is 1.13. The van der Waals surface area contributed by atoms with Crippen molar-refractivity contribution in [1.82, 2.24) is 5.32 Å². The third-order valence-electron chi connectivity index (χ3n) is 3.61. The zero-order chi connectivity index (χ0) is 18.2. The summed E-state index contributed by atoms with van der Waals surface area (Å²) in [6.45, 7) is 2.59. The van der Waals surface area contributed by atoms with E-state index in [1.54, 1.807) is 12.1 Å². The number of nitrogens with one attached hydrogen (secondary N) is 1. The predicted octanol–water partition coefficient (Wildman–Crippen LogP) is 1.67. The first-order valence-electron chi connectivity index (χ1n) is 7.94. The van der Waals surface area contributed by atoms with Gasteiger partial charge < -0.3 is 18.9 Å². The van der Waals surface area contributed by atoms with Gasteiger partial charge in [-0.05, 0) is 44.0 Å². The number of imide groups is 1. The maximum absolute atomic E-state index is 12.0. The molecule has 136 valence electrons. The lowest BCUT2D eigenvalue weighted by molar-refractivity contribution is -0.128. The van der Waals surface area contributed by atoms with Crippen LogP contribution in [0.25, 0.3) is 0 Å². The maximum Gasteiger partial charge on any atom is 0.413 e. The van der Waals surface area contributed by atoms with E-state index < -0.39 is 24.1 Å². The van der Waals surface area contributed by atoms with E-state index in [0.29, 0.717) is 12.4 Å². The largest absolute Gasteiger partial charge is 0.491 e. The second-order valence-corrected chi connectivity index (χ2v) is 5.50. The van der Waals surface area contributed by atoms with Gasteiger partial charge in [-0.25, -0.2) is 9.59 Å². The third kappa shape index (κ3) is 5.75. The highest BCUT2D eigenvalue weighted by Gasteiger charge is 2.21. The average molecular weight is 351 g/mol. The predicted molar refractivity (Wildman–Crippen MR) is 86.3 cm³/mol. The quantitative estimate of drug-likeness (QED) is 0.778. The van der Waals surface area contributed by atoms with Crippen LogP contribution in [0.2, 0.25) is 0 Å². The molecule has 2 atom stereocenters. The zero-order valence-electron chi connectivity index (χ0n) is 14.2. The van der Waals surface area contributed by atoms with Gasteiger partial charge in [0.25, 0.3) is 5.91 Å².